The summed E-state index contributed by atoms with van der Waals surface area (Å²) in [5, 5.41) is 3.21. The van der Waals surface area contributed by atoms with Gasteiger partial charge in [0, 0.05) is 12.6 Å². The van der Waals surface area contributed by atoms with Crippen molar-refractivity contribution in [2.75, 3.05) is 13.6 Å². The Hall–Kier alpha value is -0.570. The number of nitrogens with zero attached hydrogens (tertiary/aromatic N) is 1. The largest absolute Gasteiger partial charge is 0.338 e. The zero-order valence-corrected chi connectivity index (χ0v) is 12.2. The summed E-state index contributed by atoms with van der Waals surface area (Å²) in [7, 11) is 1.92. The monoisotopic (exact) mass is 252 g/mol. The Balaban J connectivity index is 2.14. The van der Waals surface area contributed by atoms with Gasteiger partial charge in [0.2, 0.25) is 5.91 Å². The van der Waals surface area contributed by atoms with Crippen LogP contribution < -0.4 is 5.32 Å². The van der Waals surface area contributed by atoms with Crippen LogP contribution in [-0.4, -0.2) is 36.5 Å². The maximum atomic E-state index is 12.6. The predicted molar refractivity (Wildman–Crippen MR) is 74.4 cm³/mol. The van der Waals surface area contributed by atoms with E-state index >= 15 is 0 Å². The molecule has 1 amide bonds. The number of hydrogen-bond donors (Lipinski definition) is 1. The standard InChI is InChI=1S/C15H28N2O/c1-15(2)10-9-13(16-3)14(18)17(11-15)12-7-5-4-6-8-12/h12-13,16H,4-11H2,1-3H3. The van der Waals surface area contributed by atoms with E-state index in [4.69, 9.17) is 0 Å². The van der Waals surface area contributed by atoms with Crippen molar-refractivity contribution in [3.63, 3.8) is 0 Å². The molecule has 18 heavy (non-hydrogen) atoms. The molecular formula is C15H28N2O. The van der Waals surface area contributed by atoms with Crippen molar-refractivity contribution in [2.45, 2.75) is 70.9 Å². The molecule has 0 bridgehead atoms. The van der Waals surface area contributed by atoms with Crippen LogP contribution in [0.1, 0.15) is 58.8 Å². The summed E-state index contributed by atoms with van der Waals surface area (Å²) in [5.41, 5.74) is 0.263. The Labute approximate surface area is 111 Å². The van der Waals surface area contributed by atoms with Crippen LogP contribution in [-0.2, 0) is 4.79 Å². The van der Waals surface area contributed by atoms with E-state index in [0.29, 0.717) is 11.9 Å². The van der Waals surface area contributed by atoms with Crippen LogP contribution in [0.4, 0.5) is 0 Å². The van der Waals surface area contributed by atoms with E-state index in [1.54, 1.807) is 0 Å². The van der Waals surface area contributed by atoms with E-state index in [0.717, 1.165) is 19.4 Å². The van der Waals surface area contributed by atoms with Gasteiger partial charge in [0.1, 0.15) is 0 Å². The number of nitrogens with one attached hydrogen (secondary N) is 1. The fraction of sp³-hybridized carbons (Fsp3) is 0.933. The Morgan fingerprint density at radius 2 is 1.83 bits per heavy atom. The maximum absolute atomic E-state index is 12.6. The van der Waals surface area contributed by atoms with Crippen LogP contribution in [0, 0.1) is 5.41 Å². The first kappa shape index (κ1) is 13.9. The lowest BCUT2D eigenvalue weighted by Crippen LogP contribution is -2.50. The van der Waals surface area contributed by atoms with Crippen LogP contribution in [0.25, 0.3) is 0 Å². The zero-order valence-electron chi connectivity index (χ0n) is 12.2. The average Bonchev–Trinajstić information content (AvgIpc) is 2.48. The first-order valence-corrected chi connectivity index (χ1v) is 7.51. The molecule has 1 saturated carbocycles. The molecule has 1 unspecified atom stereocenters. The highest BCUT2D eigenvalue weighted by Crippen LogP contribution is 2.33. The quantitative estimate of drug-likeness (QED) is 0.819. The molecular weight excluding hydrogens is 224 g/mol. The molecule has 0 spiro atoms. The molecule has 0 aromatic carbocycles. The third-order valence-corrected chi connectivity index (χ3v) is 4.65. The third kappa shape index (κ3) is 3.05. The summed E-state index contributed by atoms with van der Waals surface area (Å²) < 4.78 is 0. The maximum Gasteiger partial charge on any atom is 0.239 e. The lowest BCUT2D eigenvalue weighted by Gasteiger charge is -2.38. The number of likely N-dealkylation sites (tertiary alicyclic amines) is 1. The van der Waals surface area contributed by atoms with Crippen LogP contribution in [0.5, 0.6) is 0 Å². The highest BCUT2D eigenvalue weighted by Gasteiger charge is 2.37. The third-order valence-electron chi connectivity index (χ3n) is 4.65. The van der Waals surface area contributed by atoms with Crippen LogP contribution >= 0.6 is 0 Å². The van der Waals surface area contributed by atoms with Crippen molar-refractivity contribution >= 4 is 5.91 Å². The number of likely N-dealkylation sites (N-methyl/N-ethyl adjacent to an activating group) is 1. The van der Waals surface area contributed by atoms with Gasteiger partial charge in [-0.3, -0.25) is 4.79 Å². The van der Waals surface area contributed by atoms with E-state index in [-0.39, 0.29) is 11.5 Å². The Bertz CT molecular complexity index is 295. The minimum absolute atomic E-state index is 0.0358. The normalized spacial score (nSPS) is 30.3. The number of carbonyl (C=O) groups excluding carboxylic acids is 1. The first-order valence-electron chi connectivity index (χ1n) is 7.51. The molecule has 0 radical (unpaired) electrons. The van der Waals surface area contributed by atoms with Gasteiger partial charge in [-0.05, 0) is 38.1 Å². The molecule has 2 rings (SSSR count). The van der Waals surface area contributed by atoms with Crippen molar-refractivity contribution in [3.05, 3.63) is 0 Å². The van der Waals surface area contributed by atoms with Gasteiger partial charge in [-0.1, -0.05) is 33.1 Å². The number of carbonyl (C=O) groups is 1. The molecule has 1 N–H and O–H groups in total. The van der Waals surface area contributed by atoms with Crippen LogP contribution in [0.3, 0.4) is 0 Å². The Morgan fingerprint density at radius 1 is 1.17 bits per heavy atom. The number of rotatable bonds is 2. The predicted octanol–water partition coefficient (Wildman–Crippen LogP) is 2.56. The van der Waals surface area contributed by atoms with Crippen molar-refractivity contribution in [2.24, 2.45) is 5.41 Å². The molecule has 1 saturated heterocycles. The molecule has 1 atom stereocenters. The summed E-state index contributed by atoms with van der Waals surface area (Å²) in [5.74, 6) is 0.343. The molecule has 2 aliphatic rings. The molecule has 0 aromatic heterocycles. The second-order valence-electron chi connectivity index (χ2n) is 6.80. The minimum Gasteiger partial charge on any atom is -0.338 e. The van der Waals surface area contributed by atoms with Gasteiger partial charge in [0.25, 0.3) is 0 Å². The molecule has 1 aliphatic carbocycles. The summed E-state index contributed by atoms with van der Waals surface area (Å²) in [6, 6.07) is 0.535. The summed E-state index contributed by atoms with van der Waals surface area (Å²) in [4.78, 5) is 14.8. The molecule has 3 nitrogen and oxygen atoms in total. The fourth-order valence-corrected chi connectivity index (χ4v) is 3.45. The van der Waals surface area contributed by atoms with Crippen molar-refractivity contribution in [3.8, 4) is 0 Å². The summed E-state index contributed by atoms with van der Waals surface area (Å²) in [6.45, 7) is 5.54. The van der Waals surface area contributed by atoms with Crippen LogP contribution in [0.2, 0.25) is 0 Å². The molecule has 0 aromatic rings. The van der Waals surface area contributed by atoms with Gasteiger partial charge >= 0.3 is 0 Å². The first-order chi connectivity index (χ1) is 8.53. The van der Waals surface area contributed by atoms with Crippen molar-refractivity contribution in [1.82, 2.24) is 10.2 Å². The van der Waals surface area contributed by atoms with Gasteiger partial charge in [-0.2, -0.15) is 0 Å². The lowest BCUT2D eigenvalue weighted by molar-refractivity contribution is -0.136. The minimum atomic E-state index is 0.0358. The topological polar surface area (TPSA) is 32.3 Å². The molecule has 1 heterocycles. The average molecular weight is 252 g/mol. The van der Waals surface area contributed by atoms with E-state index in [9.17, 15) is 4.79 Å². The number of amides is 1. The van der Waals surface area contributed by atoms with Gasteiger partial charge < -0.3 is 10.2 Å². The Morgan fingerprint density at radius 3 is 2.44 bits per heavy atom. The molecule has 104 valence electrons. The highest BCUT2D eigenvalue weighted by atomic mass is 16.2. The Kier molecular flexibility index (Phi) is 4.31. The highest BCUT2D eigenvalue weighted by molar-refractivity contribution is 5.82. The lowest BCUT2D eigenvalue weighted by atomic mass is 9.86. The van der Waals surface area contributed by atoms with E-state index in [1.807, 2.05) is 7.05 Å². The molecule has 3 heteroatoms. The van der Waals surface area contributed by atoms with E-state index in [1.165, 1.54) is 32.1 Å². The van der Waals surface area contributed by atoms with Crippen LogP contribution in [0.15, 0.2) is 0 Å². The van der Waals surface area contributed by atoms with Gasteiger partial charge in [0.15, 0.2) is 0 Å². The fourth-order valence-electron chi connectivity index (χ4n) is 3.45. The molecule has 1 aliphatic heterocycles. The van der Waals surface area contributed by atoms with E-state index in [2.05, 4.69) is 24.1 Å². The smallest absolute Gasteiger partial charge is 0.239 e. The summed E-state index contributed by atoms with van der Waals surface area (Å²) >= 11 is 0. The summed E-state index contributed by atoms with van der Waals surface area (Å²) in [6.07, 6.45) is 8.45. The van der Waals surface area contributed by atoms with Crippen molar-refractivity contribution < 1.29 is 4.79 Å². The van der Waals surface area contributed by atoms with Crippen molar-refractivity contribution in [1.29, 1.82) is 0 Å². The van der Waals surface area contributed by atoms with Gasteiger partial charge in [-0.25, -0.2) is 0 Å². The SMILES string of the molecule is CNC1CCC(C)(C)CN(C2CCCCC2)C1=O. The van der Waals surface area contributed by atoms with E-state index < -0.39 is 0 Å². The zero-order chi connectivity index (χ0) is 13.2. The van der Waals surface area contributed by atoms with Gasteiger partial charge in [0.05, 0.1) is 6.04 Å². The second kappa shape index (κ2) is 5.60. The van der Waals surface area contributed by atoms with Gasteiger partial charge in [-0.15, -0.1) is 0 Å². The number of hydrogen-bond acceptors (Lipinski definition) is 2. The second-order valence-corrected chi connectivity index (χ2v) is 6.80. The molecule has 2 fully saturated rings.